The normalized spacial score (nSPS) is 22.4. The lowest BCUT2D eigenvalue weighted by Crippen LogP contribution is -2.72. The Labute approximate surface area is 258 Å². The quantitative estimate of drug-likeness (QED) is 0.223. The molecule has 2 aromatic rings. The fraction of sp³-hybridized carbons (Fsp3) is 0.387. The molecule has 3 aliphatic heterocycles. The van der Waals surface area contributed by atoms with Gasteiger partial charge in [-0.05, 0) is 61.4 Å². The highest BCUT2D eigenvalue weighted by molar-refractivity contribution is 6.04. The lowest BCUT2D eigenvalue weighted by molar-refractivity contribution is -0.177. The summed E-state index contributed by atoms with van der Waals surface area (Å²) in [6.07, 6.45) is 1.70. The Morgan fingerprint density at radius 1 is 0.933 bits per heavy atom. The van der Waals surface area contributed by atoms with E-state index in [2.05, 4.69) is 15.6 Å². The van der Waals surface area contributed by atoms with E-state index in [0.717, 1.165) is 36.1 Å². The summed E-state index contributed by atoms with van der Waals surface area (Å²) in [7, 11) is 0. The van der Waals surface area contributed by atoms with Crippen molar-refractivity contribution >= 4 is 47.2 Å². The lowest BCUT2D eigenvalue weighted by atomic mass is 9.72. The Kier molecular flexibility index (Phi) is 9.40. The number of ether oxygens (including phenoxy) is 1. The number of amides is 5. The van der Waals surface area contributed by atoms with Crippen molar-refractivity contribution in [1.29, 1.82) is 0 Å². The molecule has 4 fully saturated rings. The molecule has 2 bridgehead atoms. The van der Waals surface area contributed by atoms with E-state index in [0.29, 0.717) is 11.3 Å². The van der Waals surface area contributed by atoms with Gasteiger partial charge in [-0.15, -0.1) is 0 Å². The molecule has 2 atom stereocenters. The molecule has 0 radical (unpaired) electrons. The van der Waals surface area contributed by atoms with Gasteiger partial charge in [0.1, 0.15) is 31.1 Å². The molecule has 3 heterocycles. The third-order valence-corrected chi connectivity index (χ3v) is 8.34. The first-order valence-corrected chi connectivity index (χ1v) is 14.7. The number of amidine groups is 1. The van der Waals surface area contributed by atoms with Gasteiger partial charge in [-0.3, -0.25) is 24.0 Å². The van der Waals surface area contributed by atoms with Crippen molar-refractivity contribution in [1.82, 2.24) is 15.1 Å². The van der Waals surface area contributed by atoms with Crippen LogP contribution >= 0.6 is 0 Å². The van der Waals surface area contributed by atoms with Crippen molar-refractivity contribution in [2.75, 3.05) is 18.4 Å². The van der Waals surface area contributed by atoms with Crippen LogP contribution in [-0.4, -0.2) is 87.6 Å². The number of hydrogen-bond donors (Lipinski definition) is 4. The molecule has 1 aliphatic carbocycles. The fourth-order valence-corrected chi connectivity index (χ4v) is 6.20. The molecule has 45 heavy (non-hydrogen) atoms. The molecule has 0 spiro atoms. The largest absolute Gasteiger partial charge is 0.481 e. The van der Waals surface area contributed by atoms with Crippen molar-refractivity contribution < 1.29 is 38.6 Å². The summed E-state index contributed by atoms with van der Waals surface area (Å²) in [5.41, 5.74) is 7.51. The van der Waals surface area contributed by atoms with Gasteiger partial charge in [0, 0.05) is 17.3 Å². The third kappa shape index (κ3) is 7.28. The molecule has 4 aliphatic rings. The fourth-order valence-electron chi connectivity index (χ4n) is 6.20. The van der Waals surface area contributed by atoms with E-state index in [-0.39, 0.29) is 24.4 Å². The number of carboxylic acid groups (broad SMARTS) is 1. The standard InChI is InChI=1S/C31H34N6O8/c32-28(35-31(44)45-17-18-4-2-1-3-5-18)20-6-10-21(11-7-20)34-24(38)15-33-25(39)16-36-23(14-26(40)41)29(42)37-22-12-8-19(9-13-22)27(37)30(36)43/h1-7,10-11,19,22-23,27H,8-9,12-17H2,(H,33,39)(H,34,38)(H,40,41)(H2,32,35,44)/t19?,22?,23-,27-/m0/s1. The summed E-state index contributed by atoms with van der Waals surface area (Å²) in [5, 5.41) is 14.5. The van der Waals surface area contributed by atoms with E-state index in [1.165, 1.54) is 12.1 Å². The number of carbonyl (C=O) groups excluding carboxylic acids is 5. The molecule has 6 rings (SSSR count). The number of aliphatic carboxylic acids is 1. The molecule has 0 unspecified atom stereocenters. The highest BCUT2D eigenvalue weighted by Gasteiger charge is 2.55. The van der Waals surface area contributed by atoms with Crippen LogP contribution in [-0.2, 0) is 35.3 Å². The molecule has 5 amide bonds. The number of nitrogens with two attached hydrogens (primary N) is 1. The summed E-state index contributed by atoms with van der Waals surface area (Å²) in [5.74, 6) is -3.49. The average Bonchev–Trinajstić information content (AvgIpc) is 3.04. The number of carboxylic acids is 1. The van der Waals surface area contributed by atoms with Gasteiger partial charge >= 0.3 is 12.1 Å². The average molecular weight is 619 g/mol. The van der Waals surface area contributed by atoms with Gasteiger partial charge in [0.15, 0.2) is 0 Å². The Balaban J connectivity index is 1.12. The number of nitrogens with zero attached hydrogens (tertiary/aromatic N) is 3. The van der Waals surface area contributed by atoms with E-state index in [1.54, 1.807) is 29.2 Å². The molecular weight excluding hydrogens is 584 g/mol. The van der Waals surface area contributed by atoms with Crippen LogP contribution in [0.3, 0.4) is 0 Å². The number of fused-ring (bicyclic) bond motifs is 2. The summed E-state index contributed by atoms with van der Waals surface area (Å²) in [6, 6.07) is 13.2. The molecule has 3 saturated heterocycles. The zero-order chi connectivity index (χ0) is 32.1. The molecule has 14 nitrogen and oxygen atoms in total. The minimum Gasteiger partial charge on any atom is -0.481 e. The zero-order valence-corrected chi connectivity index (χ0v) is 24.4. The Hall–Kier alpha value is -5.27. The van der Waals surface area contributed by atoms with E-state index in [9.17, 15) is 33.9 Å². The van der Waals surface area contributed by atoms with Crippen LogP contribution in [0.4, 0.5) is 10.5 Å². The SMILES string of the molecule is N/C(=N\C(=O)OCc1ccccc1)c1ccc(NC(=O)CNC(=O)CN2C(=O)[C@@H]3C4CCC(CC4)N3C(=O)[C@@H]2CC(=O)O)cc1. The monoisotopic (exact) mass is 618 g/mol. The number of piperazine rings is 1. The first kappa shape index (κ1) is 31.2. The van der Waals surface area contributed by atoms with E-state index >= 15 is 0 Å². The predicted molar refractivity (Wildman–Crippen MR) is 160 cm³/mol. The van der Waals surface area contributed by atoms with Gasteiger partial charge in [-0.1, -0.05) is 30.3 Å². The van der Waals surface area contributed by atoms with Crippen LogP contribution in [0.15, 0.2) is 59.6 Å². The Bertz CT molecular complexity index is 1500. The molecule has 5 N–H and O–H groups in total. The van der Waals surface area contributed by atoms with Crippen LogP contribution in [0.1, 0.15) is 43.2 Å². The van der Waals surface area contributed by atoms with Crippen LogP contribution in [0.2, 0.25) is 0 Å². The third-order valence-electron chi connectivity index (χ3n) is 8.34. The van der Waals surface area contributed by atoms with Crippen LogP contribution < -0.4 is 16.4 Å². The maximum Gasteiger partial charge on any atom is 0.435 e. The summed E-state index contributed by atoms with van der Waals surface area (Å²) in [6.45, 7) is -0.927. The highest BCUT2D eigenvalue weighted by Crippen LogP contribution is 2.43. The first-order chi connectivity index (χ1) is 21.6. The van der Waals surface area contributed by atoms with Crippen molar-refractivity contribution in [3.8, 4) is 0 Å². The summed E-state index contributed by atoms with van der Waals surface area (Å²) < 4.78 is 5.09. The first-order valence-electron chi connectivity index (χ1n) is 14.7. The molecular formula is C31H34N6O8. The molecule has 0 aromatic heterocycles. The van der Waals surface area contributed by atoms with E-state index in [1.807, 2.05) is 18.2 Å². The van der Waals surface area contributed by atoms with Gasteiger partial charge in [-0.2, -0.15) is 4.99 Å². The highest BCUT2D eigenvalue weighted by atomic mass is 16.5. The Morgan fingerprint density at radius 2 is 1.62 bits per heavy atom. The minimum absolute atomic E-state index is 0.0185. The van der Waals surface area contributed by atoms with Gasteiger partial charge in [0.25, 0.3) is 0 Å². The molecule has 2 aromatic carbocycles. The molecule has 1 saturated carbocycles. The van der Waals surface area contributed by atoms with Crippen LogP contribution in [0.25, 0.3) is 0 Å². The number of aliphatic imine (C=N–C) groups is 1. The van der Waals surface area contributed by atoms with E-state index in [4.69, 9.17) is 10.5 Å². The second kappa shape index (κ2) is 13.6. The number of nitrogens with one attached hydrogen (secondary N) is 2. The zero-order valence-electron chi connectivity index (χ0n) is 24.4. The number of rotatable bonds is 10. The summed E-state index contributed by atoms with van der Waals surface area (Å²) >= 11 is 0. The van der Waals surface area contributed by atoms with Gasteiger partial charge in [-0.25, -0.2) is 4.79 Å². The molecule has 14 heteroatoms. The number of piperidine rings is 2. The smallest absolute Gasteiger partial charge is 0.435 e. The van der Waals surface area contributed by atoms with Crippen molar-refractivity contribution in [3.05, 3.63) is 65.7 Å². The second-order valence-corrected chi connectivity index (χ2v) is 11.3. The van der Waals surface area contributed by atoms with Gasteiger partial charge < -0.3 is 36.0 Å². The number of hydrogen-bond acceptors (Lipinski definition) is 7. The predicted octanol–water partition coefficient (Wildman–Crippen LogP) is 1.24. The van der Waals surface area contributed by atoms with Crippen molar-refractivity contribution in [2.24, 2.45) is 16.6 Å². The van der Waals surface area contributed by atoms with Crippen molar-refractivity contribution in [3.63, 3.8) is 0 Å². The number of anilines is 1. The van der Waals surface area contributed by atoms with E-state index < -0.39 is 67.3 Å². The second-order valence-electron chi connectivity index (χ2n) is 11.3. The number of benzene rings is 2. The summed E-state index contributed by atoms with van der Waals surface area (Å²) in [4.78, 5) is 82.0. The maximum absolute atomic E-state index is 13.5. The van der Waals surface area contributed by atoms with Gasteiger partial charge in [0.05, 0.1) is 13.0 Å². The van der Waals surface area contributed by atoms with Crippen LogP contribution in [0.5, 0.6) is 0 Å². The minimum atomic E-state index is -1.29. The maximum atomic E-state index is 13.5. The lowest BCUT2D eigenvalue weighted by Gasteiger charge is -2.56. The van der Waals surface area contributed by atoms with Crippen molar-refractivity contribution in [2.45, 2.75) is 56.8 Å². The Morgan fingerprint density at radius 3 is 2.29 bits per heavy atom. The molecule has 236 valence electrons. The van der Waals surface area contributed by atoms with Crippen LogP contribution in [0, 0.1) is 5.92 Å². The topological polar surface area (TPSA) is 201 Å². The number of carbonyl (C=O) groups is 6. The van der Waals surface area contributed by atoms with Gasteiger partial charge in [0.2, 0.25) is 23.6 Å².